The molecule has 0 atom stereocenters. The lowest BCUT2D eigenvalue weighted by Gasteiger charge is -2.14. The highest BCUT2D eigenvalue weighted by Gasteiger charge is 2.11. The van der Waals surface area contributed by atoms with Gasteiger partial charge in [-0.2, -0.15) is 0 Å². The molecule has 0 aliphatic rings. The number of carboxylic acids is 1. The summed E-state index contributed by atoms with van der Waals surface area (Å²) in [5, 5.41) is 12.4. The van der Waals surface area contributed by atoms with Crippen molar-refractivity contribution >= 4 is 11.7 Å². The minimum Gasteiger partial charge on any atom is -0.478 e. The van der Waals surface area contributed by atoms with Crippen molar-refractivity contribution in [1.29, 1.82) is 0 Å². The summed E-state index contributed by atoms with van der Waals surface area (Å²) >= 11 is 0. The van der Waals surface area contributed by atoms with Crippen LogP contribution in [0.3, 0.4) is 0 Å². The molecule has 2 N–H and O–H groups in total. The van der Waals surface area contributed by atoms with E-state index in [0.717, 1.165) is 16.8 Å². The van der Waals surface area contributed by atoms with Gasteiger partial charge >= 0.3 is 5.97 Å². The van der Waals surface area contributed by atoms with E-state index in [2.05, 4.69) is 30.7 Å². The predicted molar refractivity (Wildman–Crippen MR) is 155 cm³/mol. The molecule has 4 heteroatoms. The second-order valence-corrected chi connectivity index (χ2v) is 6.08. The number of unbranched alkanes of at least 4 members (excludes halogenated alkanes) is 2. The first-order valence-electron chi connectivity index (χ1n) is 12.7. The molecule has 0 spiro atoms. The summed E-state index contributed by atoms with van der Waals surface area (Å²) in [6, 6.07) is 1.47. The van der Waals surface area contributed by atoms with E-state index in [1.54, 1.807) is 6.08 Å². The number of nitrogens with zero attached hydrogens (tertiary/aromatic N) is 1. The van der Waals surface area contributed by atoms with E-state index in [9.17, 15) is 9.90 Å². The van der Waals surface area contributed by atoms with Gasteiger partial charge in [0.2, 0.25) is 0 Å². The highest BCUT2D eigenvalue weighted by Crippen LogP contribution is 2.22. The lowest BCUT2D eigenvalue weighted by molar-refractivity contribution is 0.0698. The number of aromatic nitrogens is 1. The van der Waals surface area contributed by atoms with Gasteiger partial charge in [0.15, 0.2) is 0 Å². The number of hydrogen-bond acceptors (Lipinski definition) is 3. The van der Waals surface area contributed by atoms with Crippen molar-refractivity contribution in [2.75, 3.05) is 5.32 Å². The van der Waals surface area contributed by atoms with E-state index in [4.69, 9.17) is 0 Å². The molecule has 0 amide bonds. The first-order valence-corrected chi connectivity index (χ1v) is 12.7. The summed E-state index contributed by atoms with van der Waals surface area (Å²) in [7, 11) is 0. The number of carboxylic acid groups (broad SMARTS) is 1. The lowest BCUT2D eigenvalue weighted by Crippen LogP contribution is -2.07. The number of pyridine rings is 1. The molecule has 0 fully saturated rings. The Labute approximate surface area is 211 Å². The molecule has 0 saturated carbocycles. The molecule has 0 radical (unpaired) electrons. The normalized spacial score (nSPS) is 10.7. The molecule has 0 saturated heterocycles. The molecule has 1 heterocycles. The molecule has 0 unspecified atom stereocenters. The summed E-state index contributed by atoms with van der Waals surface area (Å²) in [5.41, 5.74) is 3.45. The molecule has 4 nitrogen and oxygen atoms in total. The number of allylic oxidation sites excluding steroid dienone is 9. The molecule has 0 aliphatic carbocycles. The van der Waals surface area contributed by atoms with Gasteiger partial charge in [-0.3, -0.25) is 4.98 Å². The van der Waals surface area contributed by atoms with E-state index < -0.39 is 5.97 Å². The van der Waals surface area contributed by atoms with Crippen molar-refractivity contribution in [2.45, 2.75) is 95.4 Å². The van der Waals surface area contributed by atoms with Gasteiger partial charge in [-0.15, -0.1) is 0 Å². The maximum absolute atomic E-state index is 11.3. The minimum absolute atomic E-state index is 0.183. The van der Waals surface area contributed by atoms with Crippen LogP contribution in [0.5, 0.6) is 0 Å². The first-order chi connectivity index (χ1) is 16.5. The van der Waals surface area contributed by atoms with Crippen molar-refractivity contribution < 1.29 is 9.90 Å². The van der Waals surface area contributed by atoms with Gasteiger partial charge in [0, 0.05) is 11.9 Å². The van der Waals surface area contributed by atoms with E-state index in [0.29, 0.717) is 5.69 Å². The topological polar surface area (TPSA) is 62.2 Å². The SMILES string of the molecule is C=C\C=C/C(=C\C)C(/C=C\C)=C(/C)Nc1cnccc1C(=O)O.CC.CC.CC.CCCCC. The van der Waals surface area contributed by atoms with Gasteiger partial charge in [-0.05, 0) is 38.0 Å². The Hall–Kier alpha value is -2.88. The third-order valence-electron chi connectivity index (χ3n) is 3.85. The van der Waals surface area contributed by atoms with Crippen LogP contribution >= 0.6 is 0 Å². The smallest absolute Gasteiger partial charge is 0.337 e. The fourth-order valence-electron chi connectivity index (χ4n) is 2.42. The Bertz CT molecular complexity index is 740. The van der Waals surface area contributed by atoms with Crippen LogP contribution in [0.4, 0.5) is 5.69 Å². The average Bonchev–Trinajstić information content (AvgIpc) is 2.88. The van der Waals surface area contributed by atoms with Gasteiger partial charge in [0.05, 0.1) is 17.4 Å². The summed E-state index contributed by atoms with van der Waals surface area (Å²) in [4.78, 5) is 15.3. The molecule has 0 bridgehead atoms. The molecule has 0 aliphatic heterocycles. The third-order valence-corrected chi connectivity index (χ3v) is 3.85. The van der Waals surface area contributed by atoms with Crippen LogP contribution in [0, 0.1) is 0 Å². The van der Waals surface area contributed by atoms with E-state index >= 15 is 0 Å². The predicted octanol–water partition coefficient (Wildman–Crippen LogP) is 10.0. The molecule has 0 aromatic carbocycles. The maximum atomic E-state index is 11.3. The number of aromatic carboxylic acids is 1. The molecular weight excluding hydrogens is 420 g/mol. The Morgan fingerprint density at radius 2 is 1.62 bits per heavy atom. The van der Waals surface area contributed by atoms with Gasteiger partial charge in [-0.25, -0.2) is 4.79 Å². The van der Waals surface area contributed by atoms with Crippen LogP contribution in [0.1, 0.15) is 106 Å². The zero-order valence-corrected chi connectivity index (χ0v) is 23.8. The highest BCUT2D eigenvalue weighted by molar-refractivity contribution is 5.94. The first kappa shape index (κ1) is 38.4. The van der Waals surface area contributed by atoms with Gasteiger partial charge < -0.3 is 10.4 Å². The molecule has 1 aromatic heterocycles. The van der Waals surface area contributed by atoms with Crippen LogP contribution in [-0.2, 0) is 0 Å². The fraction of sp³-hybridized carbons (Fsp3) is 0.467. The van der Waals surface area contributed by atoms with Crippen molar-refractivity contribution in [3.8, 4) is 0 Å². The Balaban J connectivity index is -0.000000348. The molecule has 34 heavy (non-hydrogen) atoms. The summed E-state index contributed by atoms with van der Waals surface area (Å²) in [5.74, 6) is -0.993. The van der Waals surface area contributed by atoms with Crippen LogP contribution in [0.15, 0.2) is 78.3 Å². The number of rotatable bonds is 9. The number of hydrogen-bond donors (Lipinski definition) is 2. The third kappa shape index (κ3) is 18.7. The number of carbonyl (C=O) groups is 1. The van der Waals surface area contributed by atoms with Crippen molar-refractivity contribution in [3.63, 3.8) is 0 Å². The minimum atomic E-state index is -0.993. The Kier molecular flexibility index (Phi) is 34.0. The number of anilines is 1. The van der Waals surface area contributed by atoms with Crippen LogP contribution in [-0.4, -0.2) is 16.1 Å². The van der Waals surface area contributed by atoms with E-state index in [-0.39, 0.29) is 5.56 Å². The monoisotopic (exact) mass is 472 g/mol. The Morgan fingerprint density at radius 3 is 2.00 bits per heavy atom. The van der Waals surface area contributed by atoms with Crippen LogP contribution in [0.2, 0.25) is 0 Å². The van der Waals surface area contributed by atoms with Gasteiger partial charge in [0.1, 0.15) is 0 Å². The maximum Gasteiger partial charge on any atom is 0.337 e. The lowest BCUT2D eigenvalue weighted by atomic mass is 10.0. The molecule has 194 valence electrons. The molecular formula is C30H52N2O2. The van der Waals surface area contributed by atoms with Crippen molar-refractivity contribution in [1.82, 2.24) is 4.98 Å². The summed E-state index contributed by atoms with van der Waals surface area (Å²) in [6.45, 7) is 25.9. The molecule has 1 aromatic rings. The second kappa shape index (κ2) is 30.1. The number of nitrogens with one attached hydrogen (secondary N) is 1. The van der Waals surface area contributed by atoms with E-state index in [1.807, 2.05) is 92.7 Å². The van der Waals surface area contributed by atoms with Crippen molar-refractivity contribution in [2.24, 2.45) is 0 Å². The highest BCUT2D eigenvalue weighted by atomic mass is 16.4. The average molecular weight is 473 g/mol. The van der Waals surface area contributed by atoms with Crippen LogP contribution < -0.4 is 5.32 Å². The van der Waals surface area contributed by atoms with Crippen molar-refractivity contribution in [3.05, 3.63) is 83.9 Å². The zero-order chi connectivity index (χ0) is 27.4. The van der Waals surface area contributed by atoms with E-state index in [1.165, 1.54) is 37.7 Å². The largest absolute Gasteiger partial charge is 0.478 e. The standard InChI is InChI=1S/C19H22N2O2.C5H12.3C2H6/c1-5-8-10-15(7-3)16(9-6-2)14(4)21-18-13-20-12-11-17(18)19(22)23;1-3-5-4-2;3*1-2/h5-13,21H,1H2,2-4H3,(H,22,23);3-5H2,1-2H3;3*1-2H3/b9-6-,10-8-,15-7+,16-14-;;;;. The Morgan fingerprint density at radius 1 is 1.06 bits per heavy atom. The van der Waals surface area contributed by atoms with Crippen LogP contribution in [0.25, 0.3) is 0 Å². The fourth-order valence-corrected chi connectivity index (χ4v) is 2.42. The quantitative estimate of drug-likeness (QED) is 0.351. The van der Waals surface area contributed by atoms with Gasteiger partial charge in [-0.1, -0.05) is 118 Å². The summed E-state index contributed by atoms with van der Waals surface area (Å²) in [6.07, 6.45) is 18.5. The van der Waals surface area contributed by atoms with Gasteiger partial charge in [0.25, 0.3) is 0 Å². The summed E-state index contributed by atoms with van der Waals surface area (Å²) < 4.78 is 0. The zero-order valence-electron chi connectivity index (χ0n) is 23.8. The second-order valence-electron chi connectivity index (χ2n) is 6.08. The molecule has 1 rings (SSSR count).